The third-order valence-electron chi connectivity index (χ3n) is 4.62. The number of ether oxygens (including phenoxy) is 1. The molecule has 3 aromatic rings. The van der Waals surface area contributed by atoms with E-state index >= 15 is 0 Å². The molecule has 0 bridgehead atoms. The molecule has 1 aliphatic rings. The molecule has 0 atom stereocenters. The zero-order valence-electron chi connectivity index (χ0n) is 14.6. The van der Waals surface area contributed by atoms with Crippen LogP contribution in [0.1, 0.15) is 22.8 Å². The molecule has 1 aliphatic heterocycles. The molecule has 138 valence electrons. The lowest BCUT2D eigenvalue weighted by molar-refractivity contribution is 0.0518. The van der Waals surface area contributed by atoms with Crippen LogP contribution in [-0.2, 0) is 17.2 Å². The molecule has 1 aromatic heterocycles. The summed E-state index contributed by atoms with van der Waals surface area (Å²) in [6.45, 7) is 2.27. The maximum absolute atomic E-state index is 14.8. The number of carbonyl (C=O) groups is 1. The number of nitrogens with two attached hydrogens (primary N) is 1. The van der Waals surface area contributed by atoms with E-state index in [-0.39, 0.29) is 17.6 Å². The lowest BCUT2D eigenvalue weighted by Crippen LogP contribution is -2.27. The van der Waals surface area contributed by atoms with E-state index in [4.69, 9.17) is 10.5 Å². The topological polar surface area (TPSA) is 74.3 Å². The highest BCUT2D eigenvalue weighted by molar-refractivity contribution is 7.99. The standard InChI is InChI=1S/C20H17FN2O3S/c1-2-26-20(25)17-18(24)14-7-15(21)13(8-16(14)23-10-27-19(17)23)12-5-3-11(9-22)4-6-12/h3-8H,2,9-10,22H2,1H3. The Labute approximate surface area is 158 Å². The fourth-order valence-electron chi connectivity index (χ4n) is 3.20. The van der Waals surface area contributed by atoms with Crippen LogP contribution in [0.4, 0.5) is 4.39 Å². The lowest BCUT2D eigenvalue weighted by Gasteiger charge is -2.26. The highest BCUT2D eigenvalue weighted by atomic mass is 32.2. The first-order valence-corrected chi connectivity index (χ1v) is 9.53. The molecule has 0 spiro atoms. The second-order valence-electron chi connectivity index (χ2n) is 6.18. The van der Waals surface area contributed by atoms with Crippen LogP contribution >= 0.6 is 11.8 Å². The van der Waals surface area contributed by atoms with E-state index in [1.165, 1.54) is 17.8 Å². The number of benzene rings is 2. The minimum Gasteiger partial charge on any atom is -0.462 e. The summed E-state index contributed by atoms with van der Waals surface area (Å²) >= 11 is 1.41. The van der Waals surface area contributed by atoms with Crippen LogP contribution < -0.4 is 11.2 Å². The molecule has 0 radical (unpaired) electrons. The van der Waals surface area contributed by atoms with Crippen molar-refractivity contribution in [2.75, 3.05) is 6.61 Å². The van der Waals surface area contributed by atoms with Crippen molar-refractivity contribution in [2.24, 2.45) is 5.73 Å². The SMILES string of the molecule is CCOC(=O)c1c2n(c3cc(-c4ccc(CN)cc4)c(F)cc3c1=O)CS2. The van der Waals surface area contributed by atoms with Crippen LogP contribution in [0.15, 0.2) is 46.2 Å². The molecule has 0 unspecified atom stereocenters. The number of carbonyl (C=O) groups excluding carboxylic acids is 1. The summed E-state index contributed by atoms with van der Waals surface area (Å²) in [6, 6.07) is 10.2. The summed E-state index contributed by atoms with van der Waals surface area (Å²) < 4.78 is 21.7. The van der Waals surface area contributed by atoms with Crippen LogP contribution in [0.5, 0.6) is 0 Å². The summed E-state index contributed by atoms with van der Waals surface area (Å²) in [5.74, 6) is -0.583. The first-order valence-electron chi connectivity index (χ1n) is 8.54. The molecule has 5 nitrogen and oxygen atoms in total. The van der Waals surface area contributed by atoms with E-state index in [0.717, 1.165) is 5.56 Å². The predicted molar refractivity (Wildman–Crippen MR) is 103 cm³/mol. The van der Waals surface area contributed by atoms with E-state index < -0.39 is 17.2 Å². The van der Waals surface area contributed by atoms with Crippen molar-refractivity contribution in [3.63, 3.8) is 0 Å². The van der Waals surface area contributed by atoms with Crippen molar-refractivity contribution in [3.05, 3.63) is 63.6 Å². The number of hydrogen-bond acceptors (Lipinski definition) is 5. The molecule has 0 fully saturated rings. The monoisotopic (exact) mass is 384 g/mol. The first-order chi connectivity index (χ1) is 13.0. The maximum atomic E-state index is 14.8. The van der Waals surface area contributed by atoms with Gasteiger partial charge in [-0.15, -0.1) is 0 Å². The number of rotatable bonds is 4. The molecular weight excluding hydrogens is 367 g/mol. The number of esters is 1. The Hall–Kier alpha value is -2.64. The van der Waals surface area contributed by atoms with Gasteiger partial charge in [0.25, 0.3) is 0 Å². The van der Waals surface area contributed by atoms with Crippen molar-refractivity contribution in [2.45, 2.75) is 24.4 Å². The lowest BCUT2D eigenvalue weighted by atomic mass is 10.0. The fraction of sp³-hybridized carbons (Fsp3) is 0.200. The molecule has 0 aliphatic carbocycles. The van der Waals surface area contributed by atoms with Gasteiger partial charge in [-0.2, -0.15) is 0 Å². The number of aromatic nitrogens is 1. The second kappa shape index (κ2) is 6.83. The zero-order chi connectivity index (χ0) is 19.1. The quantitative estimate of drug-likeness (QED) is 0.697. The molecule has 0 saturated heterocycles. The number of nitrogens with zero attached hydrogens (tertiary/aromatic N) is 1. The van der Waals surface area contributed by atoms with E-state index in [0.29, 0.717) is 34.1 Å². The van der Waals surface area contributed by atoms with E-state index in [9.17, 15) is 14.0 Å². The van der Waals surface area contributed by atoms with Gasteiger partial charge in [0.05, 0.1) is 23.0 Å². The second-order valence-corrected chi connectivity index (χ2v) is 7.12. The van der Waals surface area contributed by atoms with Crippen LogP contribution in [0.25, 0.3) is 22.0 Å². The number of thioether (sulfide) groups is 1. The molecule has 2 N–H and O–H groups in total. The van der Waals surface area contributed by atoms with Gasteiger partial charge in [0, 0.05) is 17.5 Å². The van der Waals surface area contributed by atoms with Gasteiger partial charge in [0.15, 0.2) is 0 Å². The van der Waals surface area contributed by atoms with Gasteiger partial charge in [-0.1, -0.05) is 36.0 Å². The first kappa shape index (κ1) is 17.8. The molecule has 0 saturated carbocycles. The van der Waals surface area contributed by atoms with Crippen LogP contribution in [0.3, 0.4) is 0 Å². The number of fused-ring (bicyclic) bond motifs is 3. The summed E-state index contributed by atoms with van der Waals surface area (Å²) in [7, 11) is 0. The van der Waals surface area contributed by atoms with Crippen molar-refractivity contribution in [3.8, 4) is 11.1 Å². The number of pyridine rings is 1. The van der Waals surface area contributed by atoms with Crippen LogP contribution in [-0.4, -0.2) is 17.1 Å². The molecule has 2 aromatic carbocycles. The summed E-state index contributed by atoms with van der Waals surface area (Å²) in [5.41, 5.74) is 7.78. The van der Waals surface area contributed by atoms with Gasteiger partial charge in [0.1, 0.15) is 11.4 Å². The van der Waals surface area contributed by atoms with Gasteiger partial charge in [-0.3, -0.25) is 4.79 Å². The average molecular weight is 384 g/mol. The van der Waals surface area contributed by atoms with Crippen molar-refractivity contribution in [1.82, 2.24) is 4.57 Å². The molecule has 4 rings (SSSR count). The molecule has 27 heavy (non-hydrogen) atoms. The number of hydrogen-bond donors (Lipinski definition) is 1. The minimum atomic E-state index is -0.665. The largest absolute Gasteiger partial charge is 0.462 e. The smallest absolute Gasteiger partial charge is 0.344 e. The zero-order valence-corrected chi connectivity index (χ0v) is 15.4. The Balaban J connectivity index is 1.93. The Morgan fingerprint density at radius 1 is 1.30 bits per heavy atom. The van der Waals surface area contributed by atoms with Gasteiger partial charge in [0.2, 0.25) is 5.43 Å². The van der Waals surface area contributed by atoms with E-state index in [2.05, 4.69) is 0 Å². The van der Waals surface area contributed by atoms with Gasteiger partial charge in [-0.05, 0) is 30.2 Å². The molecular formula is C20H17FN2O3S. The minimum absolute atomic E-state index is 0.0138. The third-order valence-corrected chi connectivity index (χ3v) is 5.70. The van der Waals surface area contributed by atoms with Crippen molar-refractivity contribution < 1.29 is 13.9 Å². The van der Waals surface area contributed by atoms with E-state index in [1.54, 1.807) is 13.0 Å². The fourth-order valence-corrected chi connectivity index (χ4v) is 4.15. The predicted octanol–water partition coefficient (Wildman–Crippen LogP) is 3.51. The normalized spacial score (nSPS) is 12.6. The molecule has 0 amide bonds. The third kappa shape index (κ3) is 2.83. The van der Waals surface area contributed by atoms with Gasteiger partial charge >= 0.3 is 5.97 Å². The summed E-state index contributed by atoms with van der Waals surface area (Å²) in [6.07, 6.45) is 0. The summed E-state index contributed by atoms with van der Waals surface area (Å²) in [5, 5.41) is 0.754. The highest BCUT2D eigenvalue weighted by Gasteiger charge is 2.29. The van der Waals surface area contributed by atoms with E-state index in [1.807, 2.05) is 28.8 Å². The van der Waals surface area contributed by atoms with Crippen molar-refractivity contribution in [1.29, 1.82) is 0 Å². The average Bonchev–Trinajstić information content (AvgIpc) is 2.65. The number of halogens is 1. The Bertz CT molecular complexity index is 1120. The van der Waals surface area contributed by atoms with Gasteiger partial charge in [-0.25, -0.2) is 9.18 Å². The highest BCUT2D eigenvalue weighted by Crippen LogP contribution is 2.38. The Morgan fingerprint density at radius 2 is 2.04 bits per heavy atom. The maximum Gasteiger partial charge on any atom is 0.344 e. The van der Waals surface area contributed by atoms with Crippen LogP contribution in [0, 0.1) is 5.82 Å². The van der Waals surface area contributed by atoms with Crippen LogP contribution in [0.2, 0.25) is 0 Å². The van der Waals surface area contributed by atoms with Gasteiger partial charge < -0.3 is 15.0 Å². The molecule has 7 heteroatoms. The Kier molecular flexibility index (Phi) is 4.49. The van der Waals surface area contributed by atoms with Crippen molar-refractivity contribution >= 4 is 28.6 Å². The molecule has 2 heterocycles. The Morgan fingerprint density at radius 3 is 2.63 bits per heavy atom. The summed E-state index contributed by atoms with van der Waals surface area (Å²) in [4.78, 5) is 25.0.